The van der Waals surface area contributed by atoms with Crippen LogP contribution in [-0.4, -0.2) is 44.8 Å². The standard InChI is InChI=1S/C25H22N6O2/c1-4-20-21(33-13-32-20)11-15(1)16-7-10-27-25-23(16)30-24(31-25)17-12-28-19-3-2-18(29-22(17)19)14-5-8-26-9-6-14/h1-4,7,10-12,14,26,28H,5-6,8-9,13H2,(H,27,30,31). The minimum absolute atomic E-state index is 0.256. The van der Waals surface area contributed by atoms with E-state index in [2.05, 4.69) is 32.4 Å². The molecule has 1 fully saturated rings. The fourth-order valence-electron chi connectivity index (χ4n) is 4.88. The minimum Gasteiger partial charge on any atom is -0.454 e. The first-order valence-electron chi connectivity index (χ1n) is 11.3. The highest BCUT2D eigenvalue weighted by molar-refractivity contribution is 5.96. The number of imidazole rings is 1. The molecule has 0 unspecified atom stereocenters. The Balaban J connectivity index is 1.33. The smallest absolute Gasteiger partial charge is 0.231 e. The first kappa shape index (κ1) is 18.6. The Morgan fingerprint density at radius 2 is 1.82 bits per heavy atom. The van der Waals surface area contributed by atoms with Gasteiger partial charge in [0, 0.05) is 29.6 Å². The first-order chi connectivity index (χ1) is 16.3. The topological polar surface area (TPSA) is 101 Å². The lowest BCUT2D eigenvalue weighted by molar-refractivity contribution is 0.174. The third-order valence-electron chi connectivity index (χ3n) is 6.63. The van der Waals surface area contributed by atoms with E-state index in [9.17, 15) is 0 Å². The summed E-state index contributed by atoms with van der Waals surface area (Å²) in [5.41, 5.74) is 7.64. The number of fused-ring (bicyclic) bond motifs is 3. The van der Waals surface area contributed by atoms with Crippen molar-refractivity contribution >= 4 is 22.2 Å². The van der Waals surface area contributed by atoms with Crippen LogP contribution in [0.5, 0.6) is 11.5 Å². The lowest BCUT2D eigenvalue weighted by Gasteiger charge is -2.22. The summed E-state index contributed by atoms with van der Waals surface area (Å²) in [4.78, 5) is 21.2. The molecule has 8 nitrogen and oxygen atoms in total. The zero-order valence-corrected chi connectivity index (χ0v) is 17.9. The second-order valence-electron chi connectivity index (χ2n) is 8.57. The molecule has 6 heterocycles. The molecule has 33 heavy (non-hydrogen) atoms. The molecule has 0 bridgehead atoms. The van der Waals surface area contributed by atoms with Gasteiger partial charge in [0.25, 0.3) is 0 Å². The van der Waals surface area contributed by atoms with Crippen molar-refractivity contribution in [1.29, 1.82) is 0 Å². The summed E-state index contributed by atoms with van der Waals surface area (Å²) in [5, 5.41) is 3.43. The molecule has 164 valence electrons. The van der Waals surface area contributed by atoms with Crippen LogP contribution in [-0.2, 0) is 0 Å². The van der Waals surface area contributed by atoms with Gasteiger partial charge in [0.05, 0.1) is 22.1 Å². The number of nitrogens with one attached hydrogen (secondary N) is 3. The molecule has 2 aliphatic rings. The maximum atomic E-state index is 5.57. The van der Waals surface area contributed by atoms with Gasteiger partial charge < -0.3 is 24.8 Å². The van der Waals surface area contributed by atoms with E-state index in [1.807, 2.05) is 30.5 Å². The quantitative estimate of drug-likeness (QED) is 0.387. The largest absolute Gasteiger partial charge is 0.454 e. The Bertz CT molecular complexity index is 1500. The van der Waals surface area contributed by atoms with Gasteiger partial charge in [-0.3, -0.25) is 4.98 Å². The Kier molecular flexibility index (Phi) is 4.13. The van der Waals surface area contributed by atoms with Crippen LogP contribution in [0.15, 0.2) is 48.8 Å². The van der Waals surface area contributed by atoms with E-state index in [0.717, 1.165) is 82.2 Å². The molecular weight excluding hydrogens is 416 g/mol. The van der Waals surface area contributed by atoms with E-state index in [-0.39, 0.29) is 6.79 Å². The van der Waals surface area contributed by atoms with Crippen molar-refractivity contribution in [1.82, 2.24) is 30.2 Å². The number of piperidine rings is 1. The number of ether oxygens (including phenoxy) is 2. The number of nitrogens with zero attached hydrogens (tertiary/aromatic N) is 3. The van der Waals surface area contributed by atoms with Crippen LogP contribution in [0.2, 0.25) is 0 Å². The summed E-state index contributed by atoms with van der Waals surface area (Å²) < 4.78 is 11.0. The fraction of sp³-hybridized carbons (Fsp3) is 0.240. The normalized spacial score (nSPS) is 16.1. The molecule has 0 atom stereocenters. The van der Waals surface area contributed by atoms with E-state index in [1.54, 1.807) is 6.20 Å². The molecule has 0 radical (unpaired) electrons. The van der Waals surface area contributed by atoms with Crippen molar-refractivity contribution in [2.75, 3.05) is 19.9 Å². The van der Waals surface area contributed by atoms with Crippen LogP contribution < -0.4 is 14.8 Å². The lowest BCUT2D eigenvalue weighted by Crippen LogP contribution is -2.27. The Morgan fingerprint density at radius 1 is 0.909 bits per heavy atom. The van der Waals surface area contributed by atoms with Crippen molar-refractivity contribution in [2.45, 2.75) is 18.8 Å². The SMILES string of the molecule is c1cc(-c2ccc3c(c2)OCO3)c2[nH]c(-c3c[nH]c4ccc(C5CCNCC5)nc34)nc2n1. The number of aromatic amines is 2. The molecule has 4 aromatic heterocycles. The van der Waals surface area contributed by atoms with E-state index >= 15 is 0 Å². The van der Waals surface area contributed by atoms with Gasteiger partial charge in [-0.15, -0.1) is 0 Å². The fourth-order valence-corrected chi connectivity index (χ4v) is 4.88. The number of pyridine rings is 2. The summed E-state index contributed by atoms with van der Waals surface area (Å²) in [5.74, 6) is 2.77. The molecule has 8 heteroatoms. The summed E-state index contributed by atoms with van der Waals surface area (Å²) in [7, 11) is 0. The van der Waals surface area contributed by atoms with Crippen molar-refractivity contribution in [3.63, 3.8) is 0 Å². The van der Waals surface area contributed by atoms with Crippen molar-refractivity contribution in [3.8, 4) is 34.0 Å². The zero-order valence-electron chi connectivity index (χ0n) is 17.9. The van der Waals surface area contributed by atoms with Gasteiger partial charge in [0.15, 0.2) is 17.1 Å². The van der Waals surface area contributed by atoms with E-state index in [1.165, 1.54) is 0 Å². The Hall–Kier alpha value is -3.91. The first-order valence-corrected chi connectivity index (χ1v) is 11.3. The van der Waals surface area contributed by atoms with Crippen LogP contribution in [0, 0.1) is 0 Å². The summed E-state index contributed by atoms with van der Waals surface area (Å²) in [6.45, 7) is 2.34. The van der Waals surface area contributed by atoms with E-state index < -0.39 is 0 Å². The molecule has 0 spiro atoms. The molecule has 0 amide bonds. The van der Waals surface area contributed by atoms with Crippen molar-refractivity contribution < 1.29 is 9.47 Å². The highest BCUT2D eigenvalue weighted by Gasteiger charge is 2.20. The monoisotopic (exact) mass is 438 g/mol. The van der Waals surface area contributed by atoms with Gasteiger partial charge in [-0.25, -0.2) is 9.97 Å². The summed E-state index contributed by atoms with van der Waals surface area (Å²) >= 11 is 0. The molecule has 5 aromatic rings. The number of hydrogen-bond donors (Lipinski definition) is 3. The lowest BCUT2D eigenvalue weighted by atomic mass is 9.94. The third-order valence-corrected chi connectivity index (χ3v) is 6.63. The van der Waals surface area contributed by atoms with Gasteiger partial charge in [0.1, 0.15) is 5.82 Å². The molecule has 2 aliphatic heterocycles. The summed E-state index contributed by atoms with van der Waals surface area (Å²) in [6, 6.07) is 12.2. The average molecular weight is 438 g/mol. The maximum Gasteiger partial charge on any atom is 0.231 e. The average Bonchev–Trinajstić information content (AvgIpc) is 3.60. The van der Waals surface area contributed by atoms with Crippen LogP contribution in [0.3, 0.4) is 0 Å². The van der Waals surface area contributed by atoms with Gasteiger partial charge in [-0.1, -0.05) is 6.07 Å². The van der Waals surface area contributed by atoms with Gasteiger partial charge in [-0.05, 0) is 61.8 Å². The van der Waals surface area contributed by atoms with E-state index in [0.29, 0.717) is 11.6 Å². The Morgan fingerprint density at radius 3 is 2.76 bits per heavy atom. The van der Waals surface area contributed by atoms with Gasteiger partial charge in [0.2, 0.25) is 6.79 Å². The van der Waals surface area contributed by atoms with E-state index in [4.69, 9.17) is 19.4 Å². The molecule has 7 rings (SSSR count). The number of H-pyrrole nitrogens is 2. The maximum absolute atomic E-state index is 5.57. The minimum atomic E-state index is 0.256. The number of benzene rings is 1. The molecule has 0 saturated carbocycles. The number of rotatable bonds is 3. The molecule has 0 aliphatic carbocycles. The predicted octanol–water partition coefficient (Wildman–Crippen LogP) is 4.36. The molecule has 1 saturated heterocycles. The van der Waals surface area contributed by atoms with Crippen LogP contribution >= 0.6 is 0 Å². The predicted molar refractivity (Wildman–Crippen MR) is 125 cm³/mol. The second kappa shape index (κ2) is 7.31. The highest BCUT2D eigenvalue weighted by Crippen LogP contribution is 2.38. The molecular formula is C25H22N6O2. The van der Waals surface area contributed by atoms with Crippen LogP contribution in [0.1, 0.15) is 24.5 Å². The molecule has 3 N–H and O–H groups in total. The van der Waals surface area contributed by atoms with Crippen LogP contribution in [0.25, 0.3) is 44.7 Å². The van der Waals surface area contributed by atoms with Crippen molar-refractivity contribution in [2.24, 2.45) is 0 Å². The number of aromatic nitrogens is 5. The highest BCUT2D eigenvalue weighted by atomic mass is 16.7. The van der Waals surface area contributed by atoms with Gasteiger partial charge in [-0.2, -0.15) is 0 Å². The molecule has 1 aromatic carbocycles. The zero-order chi connectivity index (χ0) is 21.8. The number of hydrogen-bond acceptors (Lipinski definition) is 6. The Labute approximate surface area is 189 Å². The second-order valence-corrected chi connectivity index (χ2v) is 8.57. The van der Waals surface area contributed by atoms with Crippen molar-refractivity contribution in [3.05, 3.63) is 54.5 Å². The summed E-state index contributed by atoms with van der Waals surface area (Å²) in [6.07, 6.45) is 5.99. The van der Waals surface area contributed by atoms with Gasteiger partial charge >= 0.3 is 0 Å². The van der Waals surface area contributed by atoms with Crippen LogP contribution in [0.4, 0.5) is 0 Å². The third kappa shape index (κ3) is 3.06.